The monoisotopic (exact) mass is 261 g/mol. The van der Waals surface area contributed by atoms with Crippen molar-refractivity contribution in [1.29, 1.82) is 0 Å². The molecule has 1 fully saturated rings. The Balaban J connectivity index is 1.81. The van der Waals surface area contributed by atoms with Gasteiger partial charge in [0, 0.05) is 19.7 Å². The summed E-state index contributed by atoms with van der Waals surface area (Å²) in [5.41, 5.74) is 1.27. The minimum atomic E-state index is 0.371. The van der Waals surface area contributed by atoms with Gasteiger partial charge in [0.05, 0.1) is 6.10 Å². The summed E-state index contributed by atoms with van der Waals surface area (Å²) in [6.45, 7) is 5.07. The second-order valence-corrected chi connectivity index (χ2v) is 4.94. The molecule has 1 aromatic rings. The van der Waals surface area contributed by atoms with E-state index >= 15 is 0 Å². The van der Waals surface area contributed by atoms with E-state index in [1.54, 1.807) is 13.2 Å². The molecule has 0 radical (unpaired) electrons. The molecule has 1 saturated carbocycles. The van der Waals surface area contributed by atoms with Gasteiger partial charge in [0.25, 0.3) is 0 Å². The number of benzene rings is 1. The van der Waals surface area contributed by atoms with Crippen LogP contribution in [0.2, 0.25) is 0 Å². The second kappa shape index (κ2) is 7.31. The lowest BCUT2D eigenvalue weighted by molar-refractivity contribution is 0.0847. The van der Waals surface area contributed by atoms with Gasteiger partial charge in [-0.1, -0.05) is 24.8 Å². The van der Waals surface area contributed by atoms with Gasteiger partial charge in [-0.05, 0) is 37.0 Å². The first-order valence-electron chi connectivity index (χ1n) is 6.92. The molecule has 0 heterocycles. The van der Waals surface area contributed by atoms with Crippen molar-refractivity contribution in [2.24, 2.45) is 0 Å². The molecule has 1 N–H and O–H groups in total. The molecule has 0 aromatic heterocycles. The largest absolute Gasteiger partial charge is 0.490 e. The van der Waals surface area contributed by atoms with Crippen LogP contribution in [0.4, 0.5) is 0 Å². The van der Waals surface area contributed by atoms with E-state index in [1.165, 1.54) is 24.8 Å². The van der Waals surface area contributed by atoms with E-state index in [4.69, 9.17) is 9.47 Å². The van der Waals surface area contributed by atoms with Gasteiger partial charge in [-0.25, -0.2) is 0 Å². The Labute approximate surface area is 115 Å². The number of nitrogens with one attached hydrogen (secondary N) is 1. The highest BCUT2D eigenvalue weighted by atomic mass is 16.5. The maximum atomic E-state index is 5.48. The van der Waals surface area contributed by atoms with Crippen molar-refractivity contribution in [3.63, 3.8) is 0 Å². The topological polar surface area (TPSA) is 30.5 Å². The van der Waals surface area contributed by atoms with Crippen molar-refractivity contribution in [2.45, 2.75) is 38.0 Å². The zero-order chi connectivity index (χ0) is 13.5. The summed E-state index contributed by atoms with van der Waals surface area (Å²) in [5.74, 6) is 0.888. The lowest BCUT2D eigenvalue weighted by Gasteiger charge is -2.19. The van der Waals surface area contributed by atoms with E-state index in [0.29, 0.717) is 18.8 Å². The van der Waals surface area contributed by atoms with Crippen molar-refractivity contribution < 1.29 is 9.47 Å². The molecule has 3 nitrogen and oxygen atoms in total. The molecule has 104 valence electrons. The smallest absolute Gasteiger partial charge is 0.119 e. The zero-order valence-electron chi connectivity index (χ0n) is 11.6. The molecular weight excluding hydrogens is 238 g/mol. The van der Waals surface area contributed by atoms with Gasteiger partial charge >= 0.3 is 0 Å². The summed E-state index contributed by atoms with van der Waals surface area (Å²) >= 11 is 0. The molecule has 1 aromatic carbocycles. The molecule has 2 atom stereocenters. The van der Waals surface area contributed by atoms with Crippen molar-refractivity contribution in [3.8, 4) is 5.75 Å². The molecule has 0 aliphatic heterocycles. The van der Waals surface area contributed by atoms with Crippen molar-refractivity contribution in [2.75, 3.05) is 13.7 Å². The Kier molecular flexibility index (Phi) is 5.43. The Hall–Kier alpha value is -1.32. The standard InChI is InChI=1S/C16H23NO2/c1-3-11-19-14-9-7-13(8-10-14)12-17-15-5-4-6-16(15)18-2/h3,7-10,15-17H,1,4-6,11-12H2,2H3. The van der Waals surface area contributed by atoms with Crippen LogP contribution in [-0.2, 0) is 11.3 Å². The van der Waals surface area contributed by atoms with Crippen molar-refractivity contribution >= 4 is 0 Å². The minimum Gasteiger partial charge on any atom is -0.490 e. The number of hydrogen-bond donors (Lipinski definition) is 1. The van der Waals surface area contributed by atoms with Gasteiger partial charge in [0.2, 0.25) is 0 Å². The number of hydrogen-bond acceptors (Lipinski definition) is 3. The van der Waals surface area contributed by atoms with E-state index in [9.17, 15) is 0 Å². The van der Waals surface area contributed by atoms with Gasteiger partial charge in [-0.2, -0.15) is 0 Å². The quantitative estimate of drug-likeness (QED) is 0.766. The molecule has 1 aliphatic carbocycles. The fourth-order valence-electron chi connectivity index (χ4n) is 2.55. The summed E-state index contributed by atoms with van der Waals surface area (Å²) in [6.07, 6.45) is 5.75. The SMILES string of the molecule is C=CCOc1ccc(CNC2CCCC2OC)cc1. The summed E-state index contributed by atoms with van der Waals surface area (Å²) in [4.78, 5) is 0. The minimum absolute atomic E-state index is 0.371. The van der Waals surface area contributed by atoms with Crippen LogP contribution < -0.4 is 10.1 Å². The number of rotatable bonds is 7. The fraction of sp³-hybridized carbons (Fsp3) is 0.500. The third-order valence-electron chi connectivity index (χ3n) is 3.61. The van der Waals surface area contributed by atoms with Crippen LogP contribution in [0.25, 0.3) is 0 Å². The van der Waals surface area contributed by atoms with Crippen LogP contribution in [0.3, 0.4) is 0 Å². The Morgan fingerprint density at radius 2 is 2.11 bits per heavy atom. The fourth-order valence-corrected chi connectivity index (χ4v) is 2.55. The van der Waals surface area contributed by atoms with Crippen LogP contribution >= 0.6 is 0 Å². The first kappa shape index (κ1) is 14.1. The predicted molar refractivity (Wildman–Crippen MR) is 77.4 cm³/mol. The van der Waals surface area contributed by atoms with E-state index < -0.39 is 0 Å². The summed E-state index contributed by atoms with van der Waals surface area (Å²) in [5, 5.41) is 3.58. The van der Waals surface area contributed by atoms with Crippen LogP contribution in [0.15, 0.2) is 36.9 Å². The predicted octanol–water partition coefficient (Wildman–Crippen LogP) is 2.91. The number of ether oxygens (including phenoxy) is 2. The maximum absolute atomic E-state index is 5.48. The molecular formula is C16H23NO2. The summed E-state index contributed by atoms with van der Waals surface area (Å²) < 4.78 is 10.9. The first-order valence-corrected chi connectivity index (χ1v) is 6.92. The highest BCUT2D eigenvalue weighted by Gasteiger charge is 2.26. The Bertz CT molecular complexity index is 388. The third-order valence-corrected chi connectivity index (χ3v) is 3.61. The van der Waals surface area contributed by atoms with E-state index in [2.05, 4.69) is 24.0 Å². The van der Waals surface area contributed by atoms with Gasteiger partial charge in [0.1, 0.15) is 12.4 Å². The van der Waals surface area contributed by atoms with Gasteiger partial charge in [-0.3, -0.25) is 0 Å². The van der Waals surface area contributed by atoms with Gasteiger partial charge in [-0.15, -0.1) is 0 Å². The first-order chi connectivity index (χ1) is 9.33. The average Bonchev–Trinajstić information content (AvgIpc) is 2.91. The normalized spacial score (nSPS) is 22.4. The van der Waals surface area contributed by atoms with Crippen LogP contribution in [-0.4, -0.2) is 25.9 Å². The lowest BCUT2D eigenvalue weighted by Crippen LogP contribution is -2.36. The maximum Gasteiger partial charge on any atom is 0.119 e. The number of methoxy groups -OCH3 is 1. The molecule has 1 aliphatic rings. The van der Waals surface area contributed by atoms with Crippen LogP contribution in [0.1, 0.15) is 24.8 Å². The van der Waals surface area contributed by atoms with E-state index in [1.807, 2.05) is 12.1 Å². The summed E-state index contributed by atoms with van der Waals surface area (Å²) in [7, 11) is 1.80. The second-order valence-electron chi connectivity index (χ2n) is 4.94. The molecule has 0 amide bonds. The van der Waals surface area contributed by atoms with Crippen LogP contribution in [0.5, 0.6) is 5.75 Å². The summed E-state index contributed by atoms with van der Waals surface area (Å²) in [6, 6.07) is 8.69. The highest BCUT2D eigenvalue weighted by Crippen LogP contribution is 2.22. The van der Waals surface area contributed by atoms with Crippen molar-refractivity contribution in [1.82, 2.24) is 5.32 Å². The molecule has 19 heavy (non-hydrogen) atoms. The molecule has 0 spiro atoms. The molecule has 3 heteroatoms. The lowest BCUT2D eigenvalue weighted by atomic mass is 10.1. The third kappa shape index (κ3) is 4.08. The molecule has 0 bridgehead atoms. The van der Waals surface area contributed by atoms with Gasteiger partial charge < -0.3 is 14.8 Å². The molecule has 2 rings (SSSR count). The molecule has 2 unspecified atom stereocenters. The zero-order valence-corrected chi connectivity index (χ0v) is 11.6. The van der Waals surface area contributed by atoms with Gasteiger partial charge in [0.15, 0.2) is 0 Å². The van der Waals surface area contributed by atoms with Crippen molar-refractivity contribution in [3.05, 3.63) is 42.5 Å². The van der Waals surface area contributed by atoms with E-state index in [0.717, 1.165) is 12.3 Å². The Morgan fingerprint density at radius 3 is 2.79 bits per heavy atom. The van der Waals surface area contributed by atoms with Crippen LogP contribution in [0, 0.1) is 0 Å². The Morgan fingerprint density at radius 1 is 1.32 bits per heavy atom. The highest BCUT2D eigenvalue weighted by molar-refractivity contribution is 5.27. The average molecular weight is 261 g/mol. The molecule has 0 saturated heterocycles. The van der Waals surface area contributed by atoms with E-state index in [-0.39, 0.29) is 0 Å².